The van der Waals surface area contributed by atoms with E-state index in [1.807, 2.05) is 18.4 Å². The van der Waals surface area contributed by atoms with Gasteiger partial charge in [-0.2, -0.15) is 0 Å². The molecule has 3 heteroatoms. The zero-order valence-corrected chi connectivity index (χ0v) is 5.98. The fourth-order valence-electron chi connectivity index (χ4n) is 0.560. The predicted molar refractivity (Wildman–Crippen MR) is 42.6 cm³/mol. The van der Waals surface area contributed by atoms with E-state index >= 15 is 0 Å². The Balaban J connectivity index is 2.94. The molecule has 1 aromatic heterocycles. The van der Waals surface area contributed by atoms with Gasteiger partial charge in [0, 0.05) is 6.21 Å². The van der Waals surface area contributed by atoms with Crippen LogP contribution in [0.4, 0.5) is 10.7 Å². The number of aliphatic imine (C=N–C) groups is 1. The summed E-state index contributed by atoms with van der Waals surface area (Å²) >= 11 is 1.51. The van der Waals surface area contributed by atoms with Gasteiger partial charge < -0.3 is 5.73 Å². The van der Waals surface area contributed by atoms with E-state index in [1.165, 1.54) is 11.3 Å². The molecule has 0 bridgehead atoms. The van der Waals surface area contributed by atoms with Gasteiger partial charge in [-0.25, -0.2) is 0 Å². The number of nitrogen functional groups attached to an aromatic ring is 1. The molecule has 1 rings (SSSR count). The lowest BCUT2D eigenvalue weighted by Gasteiger charge is -1.85. The Morgan fingerprint density at radius 3 is 3.00 bits per heavy atom. The molecule has 0 amide bonds. The average molecular weight is 140 g/mol. The number of anilines is 1. The summed E-state index contributed by atoms with van der Waals surface area (Å²) < 4.78 is 0. The Bertz CT molecular complexity index is 215. The molecule has 0 atom stereocenters. The first kappa shape index (κ1) is 6.29. The van der Waals surface area contributed by atoms with Crippen LogP contribution in [0, 0.1) is 0 Å². The minimum atomic E-state index is 0.785. The maximum Gasteiger partial charge on any atom is 0.112 e. The summed E-state index contributed by atoms with van der Waals surface area (Å²) in [4.78, 5) is 4.03. The van der Waals surface area contributed by atoms with Crippen molar-refractivity contribution in [2.24, 2.45) is 4.99 Å². The van der Waals surface area contributed by atoms with Gasteiger partial charge in [0.1, 0.15) is 5.00 Å². The zero-order chi connectivity index (χ0) is 6.69. The first-order chi connectivity index (χ1) is 4.34. The first-order valence-corrected chi connectivity index (χ1v) is 3.54. The van der Waals surface area contributed by atoms with Crippen molar-refractivity contribution in [2.45, 2.75) is 6.92 Å². The molecule has 0 unspecified atom stereocenters. The molecule has 1 aromatic rings. The van der Waals surface area contributed by atoms with E-state index in [-0.39, 0.29) is 0 Å². The molecular weight excluding hydrogens is 132 g/mol. The topological polar surface area (TPSA) is 38.4 Å². The minimum absolute atomic E-state index is 0.785. The first-order valence-electron chi connectivity index (χ1n) is 2.66. The van der Waals surface area contributed by atoms with Gasteiger partial charge in [-0.1, -0.05) is 0 Å². The molecule has 0 aliphatic heterocycles. The van der Waals surface area contributed by atoms with Crippen molar-refractivity contribution in [3.8, 4) is 0 Å². The van der Waals surface area contributed by atoms with E-state index in [2.05, 4.69) is 4.99 Å². The SMILES string of the molecule is CC=Nc1ccsc1N. The Labute approximate surface area is 58.0 Å². The maximum absolute atomic E-state index is 5.53. The van der Waals surface area contributed by atoms with Crippen LogP contribution in [0.2, 0.25) is 0 Å². The largest absolute Gasteiger partial charge is 0.389 e. The number of nitrogens with zero attached hydrogens (tertiary/aromatic N) is 1. The van der Waals surface area contributed by atoms with Crippen LogP contribution < -0.4 is 5.73 Å². The number of nitrogens with two attached hydrogens (primary N) is 1. The van der Waals surface area contributed by atoms with E-state index in [0.29, 0.717) is 0 Å². The second kappa shape index (κ2) is 2.64. The number of hydrogen-bond donors (Lipinski definition) is 1. The van der Waals surface area contributed by atoms with Crippen LogP contribution in [-0.4, -0.2) is 6.21 Å². The van der Waals surface area contributed by atoms with E-state index < -0.39 is 0 Å². The van der Waals surface area contributed by atoms with Crippen molar-refractivity contribution in [1.29, 1.82) is 0 Å². The molecule has 2 N–H and O–H groups in total. The minimum Gasteiger partial charge on any atom is -0.389 e. The van der Waals surface area contributed by atoms with Gasteiger partial charge in [0.25, 0.3) is 0 Å². The van der Waals surface area contributed by atoms with Crippen LogP contribution in [0.5, 0.6) is 0 Å². The second-order valence-electron chi connectivity index (χ2n) is 1.56. The lowest BCUT2D eigenvalue weighted by molar-refractivity contribution is 1.59. The Morgan fingerprint density at radius 1 is 1.78 bits per heavy atom. The third kappa shape index (κ3) is 1.29. The highest BCUT2D eigenvalue weighted by Gasteiger charge is 1.93. The number of rotatable bonds is 1. The zero-order valence-electron chi connectivity index (χ0n) is 5.16. The molecule has 0 saturated carbocycles. The predicted octanol–water partition coefficient (Wildman–Crippen LogP) is 2.05. The van der Waals surface area contributed by atoms with Crippen LogP contribution in [-0.2, 0) is 0 Å². The molecule has 0 aromatic carbocycles. The third-order valence-corrected chi connectivity index (χ3v) is 1.68. The van der Waals surface area contributed by atoms with Crippen molar-refractivity contribution >= 4 is 28.2 Å². The summed E-state index contributed by atoms with van der Waals surface area (Å²) in [6.07, 6.45) is 1.73. The van der Waals surface area contributed by atoms with E-state index in [1.54, 1.807) is 6.21 Å². The van der Waals surface area contributed by atoms with Crippen LogP contribution in [0.1, 0.15) is 6.92 Å². The molecule has 1 heterocycles. The van der Waals surface area contributed by atoms with Crippen LogP contribution in [0.3, 0.4) is 0 Å². The van der Waals surface area contributed by atoms with Gasteiger partial charge in [-0.3, -0.25) is 4.99 Å². The summed E-state index contributed by atoms with van der Waals surface area (Å²) in [5.74, 6) is 0. The van der Waals surface area contributed by atoms with Crippen molar-refractivity contribution in [1.82, 2.24) is 0 Å². The molecule has 0 radical (unpaired) electrons. The smallest absolute Gasteiger partial charge is 0.112 e. The number of hydrogen-bond acceptors (Lipinski definition) is 3. The molecule has 0 spiro atoms. The molecular formula is C6H8N2S. The van der Waals surface area contributed by atoms with Crippen LogP contribution >= 0.6 is 11.3 Å². The Hall–Kier alpha value is -0.830. The van der Waals surface area contributed by atoms with Gasteiger partial charge in [0.2, 0.25) is 0 Å². The molecule has 0 aliphatic carbocycles. The molecule has 0 saturated heterocycles. The Kier molecular flexibility index (Phi) is 1.85. The fraction of sp³-hybridized carbons (Fsp3) is 0.167. The van der Waals surface area contributed by atoms with E-state index in [9.17, 15) is 0 Å². The number of thiophene rings is 1. The fourth-order valence-corrected chi connectivity index (χ4v) is 1.15. The molecule has 48 valence electrons. The van der Waals surface area contributed by atoms with Gasteiger partial charge in [0.15, 0.2) is 0 Å². The molecule has 2 nitrogen and oxygen atoms in total. The lowest BCUT2D eigenvalue weighted by atomic mass is 10.5. The maximum atomic E-state index is 5.53. The highest BCUT2D eigenvalue weighted by Crippen LogP contribution is 2.26. The quantitative estimate of drug-likeness (QED) is 0.596. The summed E-state index contributed by atoms with van der Waals surface area (Å²) in [7, 11) is 0. The second-order valence-corrected chi connectivity index (χ2v) is 2.51. The van der Waals surface area contributed by atoms with Gasteiger partial charge in [0.05, 0.1) is 5.69 Å². The third-order valence-electron chi connectivity index (χ3n) is 0.942. The van der Waals surface area contributed by atoms with Gasteiger partial charge >= 0.3 is 0 Å². The summed E-state index contributed by atoms with van der Waals surface area (Å²) in [6.45, 7) is 1.87. The normalized spacial score (nSPS) is 10.8. The highest BCUT2D eigenvalue weighted by molar-refractivity contribution is 7.14. The van der Waals surface area contributed by atoms with Crippen molar-refractivity contribution in [3.63, 3.8) is 0 Å². The molecule has 0 aliphatic rings. The average Bonchev–Trinajstić information content (AvgIpc) is 2.18. The van der Waals surface area contributed by atoms with Crippen LogP contribution in [0.15, 0.2) is 16.4 Å². The summed E-state index contributed by atoms with van der Waals surface area (Å²) in [5.41, 5.74) is 6.41. The summed E-state index contributed by atoms with van der Waals surface area (Å²) in [5, 5.41) is 2.71. The molecule has 0 fully saturated rings. The van der Waals surface area contributed by atoms with Crippen molar-refractivity contribution in [3.05, 3.63) is 11.4 Å². The molecule has 9 heavy (non-hydrogen) atoms. The van der Waals surface area contributed by atoms with Crippen molar-refractivity contribution in [2.75, 3.05) is 5.73 Å². The Morgan fingerprint density at radius 2 is 2.56 bits per heavy atom. The van der Waals surface area contributed by atoms with Gasteiger partial charge in [-0.15, -0.1) is 11.3 Å². The highest BCUT2D eigenvalue weighted by atomic mass is 32.1. The summed E-state index contributed by atoms with van der Waals surface area (Å²) in [6, 6.07) is 1.90. The van der Waals surface area contributed by atoms with E-state index in [4.69, 9.17) is 5.73 Å². The lowest BCUT2D eigenvalue weighted by Crippen LogP contribution is -1.76. The van der Waals surface area contributed by atoms with E-state index in [0.717, 1.165) is 10.7 Å². The van der Waals surface area contributed by atoms with Crippen molar-refractivity contribution < 1.29 is 0 Å². The van der Waals surface area contributed by atoms with Gasteiger partial charge in [-0.05, 0) is 18.4 Å². The standard InChI is InChI=1S/C6H8N2S/c1-2-8-5-3-4-9-6(5)7/h2-4H,7H2,1H3. The monoisotopic (exact) mass is 140 g/mol. The van der Waals surface area contributed by atoms with Crippen LogP contribution in [0.25, 0.3) is 0 Å².